The molecule has 0 aliphatic carbocycles. The number of halogens is 20. The van der Waals surface area contributed by atoms with Crippen molar-refractivity contribution >= 4 is 48.1 Å². The van der Waals surface area contributed by atoms with Crippen molar-refractivity contribution in [2.75, 3.05) is 0 Å². The zero-order chi connectivity index (χ0) is 51.4. The standard InChI is InChI=1S/C22H16F9.C21H14F9.C2H6Si.2ClH.Zr/c1-12(2)15-10-14-4-3-5-17(18(14)11-15)13-6-8-16(9-7-13)19(20(23,24)25,21(26,27)28)22(29,30)31;1-2-12-10-14-4-3-5-16(17(14)11-12)13-6-8-15(9-7-13)18(19(22,23)24,20(25,26)27)21(28,29)30;1-3-2;;;/h3-12H,1-2H3;3-11H,2H2,1H3;1-2H3;2*1H;/q2*-1;;;;+4/p-2. The minimum atomic E-state index is -6.64. The van der Waals surface area contributed by atoms with E-state index in [1.807, 2.05) is 45.0 Å². The molecule has 0 aliphatic heterocycles. The van der Waals surface area contributed by atoms with Crippen LogP contribution in [0.15, 0.2) is 109 Å². The molecule has 0 bridgehead atoms. The van der Waals surface area contributed by atoms with Crippen molar-refractivity contribution in [3.63, 3.8) is 0 Å². The van der Waals surface area contributed by atoms with Gasteiger partial charge >= 0.3 is 74.9 Å². The van der Waals surface area contributed by atoms with Gasteiger partial charge in [0.15, 0.2) is 0 Å². The molecule has 22 heteroatoms. The van der Waals surface area contributed by atoms with E-state index in [-0.39, 0.29) is 41.3 Å². The monoisotopic (exact) mass is 1110 g/mol. The van der Waals surface area contributed by atoms with Gasteiger partial charge in [0, 0.05) is 9.52 Å². The van der Waals surface area contributed by atoms with E-state index in [9.17, 15) is 79.0 Å². The molecule has 0 unspecified atom stereocenters. The molecule has 0 spiro atoms. The van der Waals surface area contributed by atoms with Crippen LogP contribution < -0.4 is 0 Å². The van der Waals surface area contributed by atoms with Gasteiger partial charge in [-0.05, 0) is 34.6 Å². The molecule has 0 atom stereocenters. The van der Waals surface area contributed by atoms with Crippen LogP contribution in [0.4, 0.5) is 79.0 Å². The number of alkyl halides is 18. The summed E-state index contributed by atoms with van der Waals surface area (Å²) in [6.45, 7) is 10.1. The molecular weight excluding hydrogens is 1070 g/mol. The fraction of sp³-hybridized carbons (Fsp3) is 0.333. The number of hydrogen-bond acceptors (Lipinski definition) is 0. The van der Waals surface area contributed by atoms with Crippen molar-refractivity contribution < 1.29 is 99.9 Å². The zero-order valence-corrected chi connectivity index (χ0v) is 40.2. The van der Waals surface area contributed by atoms with Crippen LogP contribution >= 0.6 is 17.0 Å². The van der Waals surface area contributed by atoms with E-state index in [1.54, 1.807) is 36.4 Å². The maximum absolute atomic E-state index is 13.3. The van der Waals surface area contributed by atoms with E-state index in [2.05, 4.69) is 13.1 Å². The van der Waals surface area contributed by atoms with E-state index < -0.39 is 79.9 Å². The third-order valence-electron chi connectivity index (χ3n) is 10.5. The molecule has 6 aromatic carbocycles. The third kappa shape index (κ3) is 11.6. The first-order chi connectivity index (χ1) is 30.7. The van der Waals surface area contributed by atoms with Gasteiger partial charge in [-0.15, -0.1) is 69.1 Å². The fourth-order valence-electron chi connectivity index (χ4n) is 7.34. The first-order valence-electron chi connectivity index (χ1n) is 19.2. The summed E-state index contributed by atoms with van der Waals surface area (Å²) >= 11 is -0.826. The Morgan fingerprint density at radius 3 is 1.07 bits per heavy atom. The summed E-state index contributed by atoms with van der Waals surface area (Å²) < 4.78 is 239. The number of aryl methyl sites for hydroxylation is 1. The summed E-state index contributed by atoms with van der Waals surface area (Å²) in [7, 11) is 11.0. The van der Waals surface area contributed by atoms with Crippen LogP contribution in [0.25, 0.3) is 43.8 Å². The predicted molar refractivity (Wildman–Crippen MR) is 222 cm³/mol. The normalized spacial score (nSPS) is 13.0. The van der Waals surface area contributed by atoms with Gasteiger partial charge in [0.2, 0.25) is 0 Å². The molecule has 6 aromatic rings. The Morgan fingerprint density at radius 2 is 0.791 bits per heavy atom. The van der Waals surface area contributed by atoms with Gasteiger partial charge in [-0.25, -0.2) is 0 Å². The molecule has 0 heterocycles. The van der Waals surface area contributed by atoms with Crippen molar-refractivity contribution in [2.24, 2.45) is 0 Å². The molecule has 0 aliphatic rings. The minimum absolute atomic E-state index is 0.175. The van der Waals surface area contributed by atoms with Crippen molar-refractivity contribution in [3.05, 3.63) is 131 Å². The van der Waals surface area contributed by atoms with Crippen LogP contribution in [0.2, 0.25) is 13.1 Å². The third-order valence-corrected chi connectivity index (χ3v) is 10.5. The molecule has 67 heavy (non-hydrogen) atoms. The average molecular weight is 1110 g/mol. The fourth-order valence-corrected chi connectivity index (χ4v) is 7.34. The summed E-state index contributed by atoms with van der Waals surface area (Å²) in [6.07, 6.45) is -39.1. The second kappa shape index (κ2) is 21.7. The van der Waals surface area contributed by atoms with E-state index >= 15 is 0 Å². The molecule has 0 fully saturated rings. The Hall–Kier alpha value is -3.48. The molecule has 6 rings (SSSR count). The van der Waals surface area contributed by atoms with Gasteiger partial charge in [-0.1, -0.05) is 106 Å². The second-order valence-corrected chi connectivity index (χ2v) is 19.7. The van der Waals surface area contributed by atoms with Crippen LogP contribution in [-0.4, -0.2) is 46.6 Å². The van der Waals surface area contributed by atoms with Crippen LogP contribution in [0.3, 0.4) is 0 Å². The molecule has 0 aromatic heterocycles. The van der Waals surface area contributed by atoms with Crippen molar-refractivity contribution in [2.45, 2.75) is 94.1 Å². The van der Waals surface area contributed by atoms with Crippen LogP contribution in [0.5, 0.6) is 0 Å². The van der Waals surface area contributed by atoms with Crippen LogP contribution in [0, 0.1) is 0 Å². The summed E-state index contributed by atoms with van der Waals surface area (Å²) in [5.41, 5.74) is -12.5. The molecule has 0 saturated carbocycles. The Labute approximate surface area is 393 Å². The van der Waals surface area contributed by atoms with E-state index in [4.69, 9.17) is 17.0 Å². The topological polar surface area (TPSA) is 0 Å². The van der Waals surface area contributed by atoms with Gasteiger partial charge in [-0.3, -0.25) is 0 Å². The molecule has 0 nitrogen and oxygen atoms in total. The number of hydrogen-bond donors (Lipinski definition) is 0. The van der Waals surface area contributed by atoms with Gasteiger partial charge in [0.1, 0.15) is 0 Å². The van der Waals surface area contributed by atoms with Gasteiger partial charge in [-0.2, -0.15) is 91.2 Å². The quantitative estimate of drug-likeness (QED) is 0.0886. The summed E-state index contributed by atoms with van der Waals surface area (Å²) in [5.74, 6) is 0.175. The summed E-state index contributed by atoms with van der Waals surface area (Å²) in [6, 6.07) is 21.9. The second-order valence-electron chi connectivity index (χ2n) is 15.0. The van der Waals surface area contributed by atoms with Crippen molar-refractivity contribution in [1.82, 2.24) is 0 Å². The van der Waals surface area contributed by atoms with E-state index in [0.717, 1.165) is 55.7 Å². The Bertz CT molecular complexity index is 2430. The molecule has 0 N–H and O–H groups in total. The van der Waals surface area contributed by atoms with Crippen molar-refractivity contribution in [3.8, 4) is 22.3 Å². The van der Waals surface area contributed by atoms with Gasteiger partial charge in [0.05, 0.1) is 0 Å². The Kier molecular flexibility index (Phi) is 18.7. The predicted octanol–water partition coefficient (Wildman–Crippen LogP) is 18.1. The van der Waals surface area contributed by atoms with Crippen LogP contribution in [-0.2, 0) is 38.1 Å². The summed E-state index contributed by atoms with van der Waals surface area (Å²) in [5, 5.41) is 3.02. The number of rotatable bonds is 6. The average Bonchev–Trinajstić information content (AvgIpc) is 3.82. The van der Waals surface area contributed by atoms with E-state index in [0.29, 0.717) is 28.3 Å². The summed E-state index contributed by atoms with van der Waals surface area (Å²) in [4.78, 5) is 0. The number of benzene rings is 4. The number of fused-ring (bicyclic) bond motifs is 2. The van der Waals surface area contributed by atoms with Crippen molar-refractivity contribution in [1.29, 1.82) is 0 Å². The first kappa shape index (κ1) is 57.8. The molecule has 0 saturated heterocycles. The maximum atomic E-state index is 13.3. The molecule has 364 valence electrons. The zero-order valence-electron chi connectivity index (χ0n) is 35.2. The van der Waals surface area contributed by atoms with Gasteiger partial charge in [0.25, 0.3) is 10.8 Å². The van der Waals surface area contributed by atoms with Gasteiger partial charge < -0.3 is 0 Å². The Balaban J connectivity index is 0.000000318. The first-order valence-corrected chi connectivity index (χ1v) is 27.6. The van der Waals surface area contributed by atoms with Crippen LogP contribution in [0.1, 0.15) is 48.9 Å². The molecule has 2 radical (unpaired) electrons. The Morgan fingerprint density at radius 1 is 0.493 bits per heavy atom. The SMILES string of the molecule is CC(C)c1cc2c(-c3ccc(C(C(F)(F)F)(C(F)(F)F)C(F)(F)F)cc3)cccc2[cH-]1.CCc1cc2c(-c3ccc(C(C(F)(F)F)(C(F)(F)F)C(F)(F)F)cc3)cccc2[cH-]1.C[Si]C.[Cl][Zr+2][Cl]. The molecular formula is C45H36Cl2F18SiZr. The van der Waals surface area contributed by atoms with E-state index in [1.165, 1.54) is 0 Å². The molecule has 0 amide bonds.